The second-order valence-corrected chi connectivity index (χ2v) is 7.31. The highest BCUT2D eigenvalue weighted by molar-refractivity contribution is 5.68. The smallest absolute Gasteiger partial charge is 0.410 e. The number of amides is 1. The molecule has 0 aliphatic carbocycles. The Balaban J connectivity index is 1.92. The Labute approximate surface area is 138 Å². The number of rotatable bonds is 3. The van der Waals surface area contributed by atoms with E-state index >= 15 is 0 Å². The SMILES string of the molecule is Cc1ccnc(N(C)C[C@@H]2CCCN(C(=O)OC(C)(C)C)C2)n1. The molecule has 0 aromatic carbocycles. The topological polar surface area (TPSA) is 58.6 Å². The molecule has 1 aromatic heterocycles. The zero-order valence-electron chi connectivity index (χ0n) is 14.9. The predicted octanol–water partition coefficient (Wildman–Crippen LogP) is 2.87. The zero-order valence-corrected chi connectivity index (χ0v) is 14.9. The summed E-state index contributed by atoms with van der Waals surface area (Å²) in [5.41, 5.74) is 0.511. The van der Waals surface area contributed by atoms with Gasteiger partial charge in [-0.2, -0.15) is 0 Å². The van der Waals surface area contributed by atoms with Crippen molar-refractivity contribution in [3.8, 4) is 0 Å². The van der Waals surface area contributed by atoms with Crippen molar-refractivity contribution < 1.29 is 9.53 Å². The molecule has 1 saturated heterocycles. The molecule has 128 valence electrons. The van der Waals surface area contributed by atoms with Crippen LogP contribution in [0, 0.1) is 12.8 Å². The minimum Gasteiger partial charge on any atom is -0.444 e. The van der Waals surface area contributed by atoms with Crippen LogP contribution in [0.1, 0.15) is 39.3 Å². The molecule has 1 aliphatic rings. The molecule has 2 rings (SSSR count). The van der Waals surface area contributed by atoms with E-state index in [-0.39, 0.29) is 6.09 Å². The van der Waals surface area contributed by atoms with Crippen molar-refractivity contribution in [1.29, 1.82) is 0 Å². The van der Waals surface area contributed by atoms with Gasteiger partial charge in [-0.15, -0.1) is 0 Å². The third-order valence-electron chi connectivity index (χ3n) is 3.83. The first-order valence-corrected chi connectivity index (χ1v) is 8.23. The summed E-state index contributed by atoms with van der Waals surface area (Å²) in [5.74, 6) is 1.14. The number of aryl methyl sites for hydroxylation is 1. The van der Waals surface area contributed by atoms with Gasteiger partial charge in [0.1, 0.15) is 5.60 Å². The maximum atomic E-state index is 12.2. The summed E-state index contributed by atoms with van der Waals surface area (Å²) >= 11 is 0. The number of likely N-dealkylation sites (tertiary alicyclic amines) is 1. The largest absolute Gasteiger partial charge is 0.444 e. The third kappa shape index (κ3) is 5.37. The molecule has 0 unspecified atom stereocenters. The van der Waals surface area contributed by atoms with Gasteiger partial charge in [-0.3, -0.25) is 0 Å². The maximum Gasteiger partial charge on any atom is 0.410 e. The lowest BCUT2D eigenvalue weighted by Crippen LogP contribution is -2.45. The van der Waals surface area contributed by atoms with Crippen LogP contribution in [-0.2, 0) is 4.74 Å². The van der Waals surface area contributed by atoms with Crippen LogP contribution in [0.15, 0.2) is 12.3 Å². The lowest BCUT2D eigenvalue weighted by atomic mass is 9.98. The van der Waals surface area contributed by atoms with Crippen molar-refractivity contribution >= 4 is 12.0 Å². The fourth-order valence-corrected chi connectivity index (χ4v) is 2.79. The zero-order chi connectivity index (χ0) is 17.0. The van der Waals surface area contributed by atoms with E-state index in [4.69, 9.17) is 4.74 Å². The Morgan fingerprint density at radius 1 is 1.48 bits per heavy atom. The fourth-order valence-electron chi connectivity index (χ4n) is 2.79. The first-order chi connectivity index (χ1) is 10.7. The number of anilines is 1. The molecule has 1 fully saturated rings. The molecule has 1 atom stereocenters. The summed E-state index contributed by atoms with van der Waals surface area (Å²) in [7, 11) is 2.00. The van der Waals surface area contributed by atoms with Gasteiger partial charge in [0.15, 0.2) is 0 Å². The van der Waals surface area contributed by atoms with Gasteiger partial charge >= 0.3 is 6.09 Å². The van der Waals surface area contributed by atoms with Crippen molar-refractivity contribution in [2.75, 3.05) is 31.6 Å². The molecule has 1 aromatic rings. The highest BCUT2D eigenvalue weighted by Gasteiger charge is 2.28. The molecule has 0 N–H and O–H groups in total. The predicted molar refractivity (Wildman–Crippen MR) is 90.6 cm³/mol. The van der Waals surface area contributed by atoms with E-state index in [1.54, 1.807) is 6.20 Å². The van der Waals surface area contributed by atoms with E-state index in [2.05, 4.69) is 14.9 Å². The fraction of sp³-hybridized carbons (Fsp3) is 0.706. The lowest BCUT2D eigenvalue weighted by Gasteiger charge is -2.35. The van der Waals surface area contributed by atoms with Crippen LogP contribution in [0.5, 0.6) is 0 Å². The molecule has 0 radical (unpaired) electrons. The number of ether oxygens (including phenoxy) is 1. The molecule has 1 amide bonds. The standard InChI is InChI=1S/C17H28N4O2/c1-13-8-9-18-15(19-13)20(5)11-14-7-6-10-21(12-14)16(22)23-17(2,3)4/h8-9,14H,6-7,10-12H2,1-5H3/t14-/m0/s1. The van der Waals surface area contributed by atoms with E-state index in [0.717, 1.165) is 44.1 Å². The number of hydrogen-bond acceptors (Lipinski definition) is 5. The van der Waals surface area contributed by atoms with E-state index in [1.807, 2.05) is 45.7 Å². The highest BCUT2D eigenvalue weighted by Crippen LogP contribution is 2.21. The molecule has 0 spiro atoms. The first kappa shape index (κ1) is 17.5. The number of hydrogen-bond donors (Lipinski definition) is 0. The monoisotopic (exact) mass is 320 g/mol. The lowest BCUT2D eigenvalue weighted by molar-refractivity contribution is 0.0170. The molecule has 2 heterocycles. The molecule has 1 aliphatic heterocycles. The molecular weight excluding hydrogens is 292 g/mol. The number of nitrogens with zero attached hydrogens (tertiary/aromatic N) is 4. The summed E-state index contributed by atoms with van der Waals surface area (Å²) in [6, 6.07) is 1.89. The van der Waals surface area contributed by atoms with Crippen LogP contribution < -0.4 is 4.90 Å². The van der Waals surface area contributed by atoms with Crippen LogP contribution in [0.2, 0.25) is 0 Å². The summed E-state index contributed by atoms with van der Waals surface area (Å²) in [6.07, 6.45) is 3.68. The van der Waals surface area contributed by atoms with Gasteiger partial charge in [-0.05, 0) is 52.5 Å². The van der Waals surface area contributed by atoms with Crippen molar-refractivity contribution in [2.24, 2.45) is 5.92 Å². The minimum atomic E-state index is -0.448. The van der Waals surface area contributed by atoms with Gasteiger partial charge in [0, 0.05) is 38.6 Å². The number of aromatic nitrogens is 2. The average Bonchev–Trinajstić information content (AvgIpc) is 2.45. The first-order valence-electron chi connectivity index (χ1n) is 8.23. The maximum absolute atomic E-state index is 12.2. The molecular formula is C17H28N4O2. The van der Waals surface area contributed by atoms with E-state index in [9.17, 15) is 4.79 Å². The normalized spacial score (nSPS) is 18.7. The van der Waals surface area contributed by atoms with E-state index in [0.29, 0.717) is 5.92 Å². The molecule has 23 heavy (non-hydrogen) atoms. The molecule has 6 nitrogen and oxygen atoms in total. The second kappa shape index (κ2) is 7.15. The van der Waals surface area contributed by atoms with Crippen LogP contribution in [0.25, 0.3) is 0 Å². The summed E-state index contributed by atoms with van der Waals surface area (Å²) < 4.78 is 5.48. The minimum absolute atomic E-state index is 0.211. The van der Waals surface area contributed by atoms with Gasteiger partial charge in [-0.25, -0.2) is 14.8 Å². The second-order valence-electron chi connectivity index (χ2n) is 7.31. The number of carbonyl (C=O) groups excluding carboxylic acids is 1. The van der Waals surface area contributed by atoms with Gasteiger partial charge in [0.2, 0.25) is 5.95 Å². The Kier molecular flexibility index (Phi) is 5.44. The third-order valence-corrected chi connectivity index (χ3v) is 3.83. The molecule has 6 heteroatoms. The van der Waals surface area contributed by atoms with Crippen molar-refractivity contribution in [3.63, 3.8) is 0 Å². The van der Waals surface area contributed by atoms with Crippen molar-refractivity contribution in [3.05, 3.63) is 18.0 Å². The average molecular weight is 320 g/mol. The van der Waals surface area contributed by atoms with Gasteiger partial charge in [0.05, 0.1) is 0 Å². The summed E-state index contributed by atoms with van der Waals surface area (Å²) in [4.78, 5) is 24.9. The van der Waals surface area contributed by atoms with Gasteiger partial charge in [0.25, 0.3) is 0 Å². The van der Waals surface area contributed by atoms with E-state index < -0.39 is 5.60 Å². The summed E-state index contributed by atoms with van der Waals surface area (Å²) in [5, 5.41) is 0. The Morgan fingerprint density at radius 3 is 2.87 bits per heavy atom. The van der Waals surface area contributed by atoms with Gasteiger partial charge in [-0.1, -0.05) is 0 Å². The highest BCUT2D eigenvalue weighted by atomic mass is 16.6. The Morgan fingerprint density at radius 2 is 2.22 bits per heavy atom. The van der Waals surface area contributed by atoms with Crippen molar-refractivity contribution in [1.82, 2.24) is 14.9 Å². The Hall–Kier alpha value is -1.85. The van der Waals surface area contributed by atoms with Crippen LogP contribution in [0.3, 0.4) is 0 Å². The van der Waals surface area contributed by atoms with Gasteiger partial charge < -0.3 is 14.5 Å². The quantitative estimate of drug-likeness (QED) is 0.857. The van der Waals surface area contributed by atoms with E-state index in [1.165, 1.54) is 0 Å². The van der Waals surface area contributed by atoms with Crippen LogP contribution in [0.4, 0.5) is 10.7 Å². The van der Waals surface area contributed by atoms with Crippen LogP contribution >= 0.6 is 0 Å². The summed E-state index contributed by atoms with van der Waals surface area (Å²) in [6.45, 7) is 9.99. The van der Waals surface area contributed by atoms with Crippen molar-refractivity contribution in [2.45, 2.75) is 46.1 Å². The number of carbonyl (C=O) groups is 1. The molecule has 0 saturated carbocycles. The molecule has 0 bridgehead atoms. The van der Waals surface area contributed by atoms with Crippen LogP contribution in [-0.4, -0.2) is 53.2 Å². The number of piperidine rings is 1. The Bertz CT molecular complexity index is 542.